The van der Waals surface area contributed by atoms with Crippen molar-refractivity contribution in [3.05, 3.63) is 0 Å². The second kappa shape index (κ2) is 9.18. The summed E-state index contributed by atoms with van der Waals surface area (Å²) in [5.41, 5.74) is 0. The highest BCUT2D eigenvalue weighted by Crippen LogP contribution is 2.06. The summed E-state index contributed by atoms with van der Waals surface area (Å²) in [6, 6.07) is 0.332. The normalized spacial score (nSPS) is 14.5. The molecule has 0 radical (unpaired) electrons. The Balaban J connectivity index is 4.27. The summed E-state index contributed by atoms with van der Waals surface area (Å²) < 4.78 is 22.1. The molecule has 0 saturated heterocycles. The molecular formula is C13H29N3O2S. The molecule has 1 atom stereocenters. The van der Waals surface area contributed by atoms with Crippen molar-refractivity contribution in [2.75, 3.05) is 25.1 Å². The molecule has 0 bridgehead atoms. The Labute approximate surface area is 118 Å². The molecule has 114 valence electrons. The molecule has 0 aromatic carbocycles. The molecule has 0 aliphatic carbocycles. The minimum Gasteiger partial charge on any atom is -0.357 e. The van der Waals surface area contributed by atoms with Crippen LogP contribution in [0.25, 0.3) is 0 Å². The highest BCUT2D eigenvalue weighted by molar-refractivity contribution is 7.90. The van der Waals surface area contributed by atoms with E-state index in [-0.39, 0.29) is 5.75 Å². The topological polar surface area (TPSA) is 70.6 Å². The minimum absolute atomic E-state index is 0.0873. The lowest BCUT2D eigenvalue weighted by molar-refractivity contribution is 0.489. The standard InChI is InChI=1S/C13H29N3O2S/c1-6-14-13(15-9-10-19(5,17)18)16-12(4)8-7-11(2)3/h11-12H,6-10H2,1-5H3,(H2,14,15,16). The molecule has 0 aliphatic rings. The number of nitrogens with zero attached hydrogens (tertiary/aromatic N) is 1. The molecule has 6 heteroatoms. The van der Waals surface area contributed by atoms with Crippen molar-refractivity contribution < 1.29 is 8.42 Å². The molecule has 0 spiro atoms. The third-order valence-electron chi connectivity index (χ3n) is 2.64. The Morgan fingerprint density at radius 3 is 2.32 bits per heavy atom. The first-order valence-electron chi connectivity index (χ1n) is 6.97. The maximum Gasteiger partial charge on any atom is 0.191 e. The molecule has 0 amide bonds. The Hall–Kier alpha value is -0.780. The van der Waals surface area contributed by atoms with Gasteiger partial charge >= 0.3 is 0 Å². The van der Waals surface area contributed by atoms with Gasteiger partial charge in [0.05, 0.1) is 12.3 Å². The van der Waals surface area contributed by atoms with Gasteiger partial charge in [0.2, 0.25) is 0 Å². The third-order valence-corrected chi connectivity index (χ3v) is 3.56. The van der Waals surface area contributed by atoms with Crippen LogP contribution in [0.3, 0.4) is 0 Å². The molecule has 0 aromatic rings. The maximum absolute atomic E-state index is 11.1. The van der Waals surface area contributed by atoms with Gasteiger partial charge in [-0.3, -0.25) is 4.99 Å². The first-order valence-corrected chi connectivity index (χ1v) is 9.03. The average molecular weight is 291 g/mol. The zero-order valence-corrected chi connectivity index (χ0v) is 13.7. The molecule has 0 aromatic heterocycles. The minimum atomic E-state index is -2.95. The third kappa shape index (κ3) is 12.0. The summed E-state index contributed by atoms with van der Waals surface area (Å²) in [7, 11) is -2.95. The smallest absolute Gasteiger partial charge is 0.191 e. The Morgan fingerprint density at radius 1 is 1.21 bits per heavy atom. The van der Waals surface area contributed by atoms with Gasteiger partial charge in [0.25, 0.3) is 0 Å². The second-order valence-corrected chi connectivity index (χ2v) is 7.67. The Bertz CT molecular complexity index is 364. The van der Waals surface area contributed by atoms with Crippen molar-refractivity contribution in [2.45, 2.75) is 46.6 Å². The van der Waals surface area contributed by atoms with Gasteiger partial charge < -0.3 is 10.6 Å². The van der Waals surface area contributed by atoms with Crippen molar-refractivity contribution in [3.8, 4) is 0 Å². The molecule has 2 N–H and O–H groups in total. The van der Waals surface area contributed by atoms with E-state index >= 15 is 0 Å². The van der Waals surface area contributed by atoms with Crippen LogP contribution in [0, 0.1) is 5.92 Å². The van der Waals surface area contributed by atoms with Gasteiger partial charge in [-0.25, -0.2) is 8.42 Å². The van der Waals surface area contributed by atoms with Gasteiger partial charge in [-0.15, -0.1) is 0 Å². The number of guanidine groups is 1. The van der Waals surface area contributed by atoms with Gasteiger partial charge in [0, 0.05) is 18.8 Å². The fraction of sp³-hybridized carbons (Fsp3) is 0.923. The van der Waals surface area contributed by atoms with E-state index in [1.807, 2.05) is 6.92 Å². The van der Waals surface area contributed by atoms with Crippen LogP contribution in [0.2, 0.25) is 0 Å². The molecule has 5 nitrogen and oxygen atoms in total. The average Bonchev–Trinajstić information content (AvgIpc) is 2.24. The van der Waals surface area contributed by atoms with Crippen LogP contribution in [0.5, 0.6) is 0 Å². The SMILES string of the molecule is CCNC(=NCCS(C)(=O)=O)NC(C)CCC(C)C. The maximum atomic E-state index is 11.1. The number of aliphatic imine (C=N–C) groups is 1. The Morgan fingerprint density at radius 2 is 1.84 bits per heavy atom. The molecule has 0 fully saturated rings. The lowest BCUT2D eigenvalue weighted by Crippen LogP contribution is -2.42. The number of sulfone groups is 1. The molecule has 0 aliphatic heterocycles. The van der Waals surface area contributed by atoms with Crippen LogP contribution in [0.4, 0.5) is 0 Å². The summed E-state index contributed by atoms with van der Waals surface area (Å²) in [5, 5.41) is 6.44. The van der Waals surface area contributed by atoms with E-state index in [0.717, 1.165) is 19.4 Å². The van der Waals surface area contributed by atoms with E-state index in [0.29, 0.717) is 24.5 Å². The van der Waals surface area contributed by atoms with E-state index < -0.39 is 9.84 Å². The molecule has 0 heterocycles. The lowest BCUT2D eigenvalue weighted by atomic mass is 10.0. The van der Waals surface area contributed by atoms with E-state index in [9.17, 15) is 8.42 Å². The van der Waals surface area contributed by atoms with Gasteiger partial charge in [0.15, 0.2) is 5.96 Å². The van der Waals surface area contributed by atoms with Crippen LogP contribution in [-0.2, 0) is 9.84 Å². The first-order chi connectivity index (χ1) is 8.74. The lowest BCUT2D eigenvalue weighted by Gasteiger charge is -2.18. The molecule has 0 rings (SSSR count). The highest BCUT2D eigenvalue weighted by Gasteiger charge is 2.07. The largest absolute Gasteiger partial charge is 0.357 e. The Kier molecular flexibility index (Phi) is 8.80. The van der Waals surface area contributed by atoms with Gasteiger partial charge in [-0.05, 0) is 32.6 Å². The fourth-order valence-corrected chi connectivity index (χ4v) is 1.96. The second-order valence-electron chi connectivity index (χ2n) is 5.41. The van der Waals surface area contributed by atoms with Gasteiger partial charge in [-0.1, -0.05) is 13.8 Å². The van der Waals surface area contributed by atoms with Crippen LogP contribution in [0.1, 0.15) is 40.5 Å². The number of rotatable bonds is 8. The van der Waals surface area contributed by atoms with Gasteiger partial charge in [-0.2, -0.15) is 0 Å². The van der Waals surface area contributed by atoms with E-state index in [2.05, 4.69) is 36.4 Å². The van der Waals surface area contributed by atoms with Gasteiger partial charge in [0.1, 0.15) is 9.84 Å². The van der Waals surface area contributed by atoms with Crippen molar-refractivity contribution in [2.24, 2.45) is 10.9 Å². The summed E-state index contributed by atoms with van der Waals surface area (Å²) in [6.45, 7) is 9.58. The highest BCUT2D eigenvalue weighted by atomic mass is 32.2. The van der Waals surface area contributed by atoms with Crippen LogP contribution in [0.15, 0.2) is 4.99 Å². The van der Waals surface area contributed by atoms with Crippen LogP contribution < -0.4 is 10.6 Å². The summed E-state index contributed by atoms with van der Waals surface area (Å²) in [5.74, 6) is 1.47. The summed E-state index contributed by atoms with van der Waals surface area (Å²) in [4.78, 5) is 4.28. The molecule has 0 saturated carbocycles. The molecule has 19 heavy (non-hydrogen) atoms. The predicted molar refractivity (Wildman–Crippen MR) is 82.4 cm³/mol. The van der Waals surface area contributed by atoms with Crippen LogP contribution in [-0.4, -0.2) is 45.5 Å². The first kappa shape index (κ1) is 18.2. The zero-order valence-electron chi connectivity index (χ0n) is 12.9. The quantitative estimate of drug-likeness (QED) is 0.524. The summed E-state index contributed by atoms with van der Waals surface area (Å²) in [6.07, 6.45) is 3.47. The van der Waals surface area contributed by atoms with E-state index in [4.69, 9.17) is 0 Å². The van der Waals surface area contributed by atoms with Crippen molar-refractivity contribution >= 4 is 15.8 Å². The number of nitrogens with one attached hydrogen (secondary N) is 2. The molecule has 1 unspecified atom stereocenters. The fourth-order valence-electron chi connectivity index (χ4n) is 1.53. The zero-order chi connectivity index (χ0) is 14.9. The molecular weight excluding hydrogens is 262 g/mol. The van der Waals surface area contributed by atoms with Crippen LogP contribution >= 0.6 is 0 Å². The number of hydrogen-bond acceptors (Lipinski definition) is 3. The predicted octanol–water partition coefficient (Wildman–Crippen LogP) is 1.41. The van der Waals surface area contributed by atoms with E-state index in [1.165, 1.54) is 6.26 Å². The monoisotopic (exact) mass is 291 g/mol. The van der Waals surface area contributed by atoms with Crippen molar-refractivity contribution in [3.63, 3.8) is 0 Å². The van der Waals surface area contributed by atoms with Crippen molar-refractivity contribution in [1.29, 1.82) is 0 Å². The van der Waals surface area contributed by atoms with E-state index in [1.54, 1.807) is 0 Å². The van der Waals surface area contributed by atoms with Crippen molar-refractivity contribution in [1.82, 2.24) is 10.6 Å². The summed E-state index contributed by atoms with van der Waals surface area (Å²) >= 11 is 0. The number of hydrogen-bond donors (Lipinski definition) is 2.